The van der Waals surface area contributed by atoms with Crippen LogP contribution in [0.15, 0.2) is 0 Å². The molecule has 0 spiro atoms. The summed E-state index contributed by atoms with van der Waals surface area (Å²) in [6, 6.07) is 0. The molecular formula is C11H21NO3. The van der Waals surface area contributed by atoms with E-state index in [9.17, 15) is 4.79 Å². The highest BCUT2D eigenvalue weighted by atomic mass is 16.5. The number of carboxylic acid groups (broad SMARTS) is 1. The van der Waals surface area contributed by atoms with Gasteiger partial charge in [0.15, 0.2) is 6.10 Å². The Morgan fingerprint density at radius 3 is 2.87 bits per heavy atom. The van der Waals surface area contributed by atoms with Gasteiger partial charge in [0.05, 0.1) is 5.60 Å². The van der Waals surface area contributed by atoms with Crippen LogP contribution in [0.1, 0.15) is 39.5 Å². The predicted octanol–water partition coefficient (Wildman–Crippen LogP) is 1.38. The van der Waals surface area contributed by atoms with Crippen LogP contribution in [0, 0.1) is 5.92 Å². The van der Waals surface area contributed by atoms with Crippen molar-refractivity contribution in [2.75, 3.05) is 6.54 Å². The summed E-state index contributed by atoms with van der Waals surface area (Å²) in [6.45, 7) is 4.15. The van der Waals surface area contributed by atoms with E-state index in [0.29, 0.717) is 12.5 Å². The first-order valence-electron chi connectivity index (χ1n) is 5.60. The first-order chi connectivity index (χ1) is 6.99. The molecule has 88 valence electrons. The van der Waals surface area contributed by atoms with Gasteiger partial charge in [0.25, 0.3) is 0 Å². The van der Waals surface area contributed by atoms with Gasteiger partial charge >= 0.3 is 5.97 Å². The molecule has 0 aliphatic heterocycles. The largest absolute Gasteiger partial charge is 0.479 e. The van der Waals surface area contributed by atoms with E-state index in [2.05, 4.69) is 6.92 Å². The van der Waals surface area contributed by atoms with Gasteiger partial charge in [0.2, 0.25) is 0 Å². The lowest BCUT2D eigenvalue weighted by atomic mass is 9.78. The quantitative estimate of drug-likeness (QED) is 0.743. The van der Waals surface area contributed by atoms with E-state index in [0.717, 1.165) is 19.3 Å². The zero-order valence-electron chi connectivity index (χ0n) is 9.53. The number of rotatable bonds is 4. The first kappa shape index (κ1) is 12.5. The smallest absolute Gasteiger partial charge is 0.332 e. The van der Waals surface area contributed by atoms with Crippen LogP contribution in [0.25, 0.3) is 0 Å². The molecule has 4 heteroatoms. The monoisotopic (exact) mass is 215 g/mol. The van der Waals surface area contributed by atoms with Crippen LogP contribution >= 0.6 is 0 Å². The average molecular weight is 215 g/mol. The van der Waals surface area contributed by atoms with Gasteiger partial charge in [-0.05, 0) is 25.7 Å². The first-order valence-corrected chi connectivity index (χ1v) is 5.60. The number of carboxylic acids is 1. The number of hydrogen-bond donors (Lipinski definition) is 2. The third-order valence-electron chi connectivity index (χ3n) is 3.20. The van der Waals surface area contributed by atoms with Crippen LogP contribution in [0.3, 0.4) is 0 Å². The third-order valence-corrected chi connectivity index (χ3v) is 3.20. The Bertz CT molecular complexity index is 232. The van der Waals surface area contributed by atoms with Gasteiger partial charge in [-0.3, -0.25) is 0 Å². The van der Waals surface area contributed by atoms with Crippen molar-refractivity contribution in [3.8, 4) is 0 Å². The number of aliphatic carboxylic acids is 1. The lowest BCUT2D eigenvalue weighted by Gasteiger charge is -2.40. The molecule has 0 saturated heterocycles. The van der Waals surface area contributed by atoms with Crippen molar-refractivity contribution < 1.29 is 14.6 Å². The topological polar surface area (TPSA) is 72.5 Å². The molecule has 15 heavy (non-hydrogen) atoms. The van der Waals surface area contributed by atoms with Crippen molar-refractivity contribution in [3.05, 3.63) is 0 Å². The van der Waals surface area contributed by atoms with Crippen molar-refractivity contribution in [2.24, 2.45) is 11.7 Å². The fraction of sp³-hybridized carbons (Fsp3) is 0.909. The second-order valence-electron chi connectivity index (χ2n) is 4.69. The van der Waals surface area contributed by atoms with Gasteiger partial charge in [-0.25, -0.2) is 4.79 Å². The molecule has 0 aromatic heterocycles. The van der Waals surface area contributed by atoms with Crippen molar-refractivity contribution in [3.63, 3.8) is 0 Å². The van der Waals surface area contributed by atoms with E-state index < -0.39 is 17.7 Å². The summed E-state index contributed by atoms with van der Waals surface area (Å²) in [5.41, 5.74) is 5.32. The molecule has 0 heterocycles. The SMILES string of the molecule is CC1CCCC(CN)(OC(C)C(=O)O)C1. The highest BCUT2D eigenvalue weighted by Crippen LogP contribution is 2.35. The zero-order chi connectivity index (χ0) is 11.5. The van der Waals surface area contributed by atoms with Crippen LogP contribution < -0.4 is 5.73 Å². The van der Waals surface area contributed by atoms with Crippen LogP contribution in [0.2, 0.25) is 0 Å². The summed E-state index contributed by atoms with van der Waals surface area (Å²) in [7, 11) is 0. The maximum absolute atomic E-state index is 10.7. The highest BCUT2D eigenvalue weighted by molar-refractivity contribution is 5.71. The molecule has 1 aliphatic carbocycles. The minimum atomic E-state index is -0.916. The van der Waals surface area contributed by atoms with Gasteiger partial charge in [0.1, 0.15) is 0 Å². The number of hydrogen-bond acceptors (Lipinski definition) is 3. The lowest BCUT2D eigenvalue weighted by Crippen LogP contribution is -2.47. The van der Waals surface area contributed by atoms with E-state index >= 15 is 0 Å². The molecule has 1 saturated carbocycles. The molecule has 1 aliphatic rings. The summed E-state index contributed by atoms with van der Waals surface area (Å²) in [5.74, 6) is -0.343. The molecule has 1 fully saturated rings. The molecule has 3 unspecified atom stereocenters. The van der Waals surface area contributed by atoms with Gasteiger partial charge < -0.3 is 15.6 Å². The summed E-state index contributed by atoms with van der Waals surface area (Å²) in [6.07, 6.45) is 3.25. The zero-order valence-corrected chi connectivity index (χ0v) is 9.53. The van der Waals surface area contributed by atoms with Crippen LogP contribution in [0.5, 0.6) is 0 Å². The van der Waals surface area contributed by atoms with Crippen LogP contribution in [0.4, 0.5) is 0 Å². The van der Waals surface area contributed by atoms with E-state index in [1.807, 2.05) is 0 Å². The molecule has 0 amide bonds. The molecule has 3 atom stereocenters. The minimum Gasteiger partial charge on any atom is -0.479 e. The summed E-state index contributed by atoms with van der Waals surface area (Å²) >= 11 is 0. The fourth-order valence-corrected chi connectivity index (χ4v) is 2.38. The van der Waals surface area contributed by atoms with Gasteiger partial charge in [0, 0.05) is 6.54 Å². The molecule has 0 aromatic rings. The second-order valence-corrected chi connectivity index (χ2v) is 4.69. The maximum atomic E-state index is 10.7. The van der Waals surface area contributed by atoms with Crippen molar-refractivity contribution in [1.29, 1.82) is 0 Å². The Morgan fingerprint density at radius 1 is 1.73 bits per heavy atom. The molecule has 0 aromatic carbocycles. The van der Waals surface area contributed by atoms with Crippen LogP contribution in [-0.2, 0) is 9.53 Å². The Kier molecular flexibility index (Phi) is 4.11. The van der Waals surface area contributed by atoms with Crippen molar-refractivity contribution in [1.82, 2.24) is 0 Å². The lowest BCUT2D eigenvalue weighted by molar-refractivity contribution is -0.166. The van der Waals surface area contributed by atoms with Gasteiger partial charge in [-0.2, -0.15) is 0 Å². The molecular weight excluding hydrogens is 194 g/mol. The summed E-state index contributed by atoms with van der Waals surface area (Å²) in [5, 5.41) is 8.82. The molecule has 1 rings (SSSR count). The molecule has 0 bridgehead atoms. The maximum Gasteiger partial charge on any atom is 0.332 e. The molecule has 3 N–H and O–H groups in total. The van der Waals surface area contributed by atoms with Crippen molar-refractivity contribution in [2.45, 2.75) is 51.2 Å². The average Bonchev–Trinajstić information content (AvgIpc) is 2.17. The number of carbonyl (C=O) groups is 1. The van der Waals surface area contributed by atoms with E-state index in [-0.39, 0.29) is 0 Å². The Morgan fingerprint density at radius 2 is 2.40 bits per heavy atom. The highest BCUT2D eigenvalue weighted by Gasteiger charge is 2.37. The Labute approximate surface area is 90.8 Å². The fourth-order valence-electron chi connectivity index (χ4n) is 2.38. The van der Waals surface area contributed by atoms with Crippen molar-refractivity contribution >= 4 is 5.97 Å². The predicted molar refractivity (Wildman–Crippen MR) is 57.6 cm³/mol. The van der Waals surface area contributed by atoms with Crippen LogP contribution in [-0.4, -0.2) is 29.3 Å². The van der Waals surface area contributed by atoms with E-state index in [1.54, 1.807) is 6.92 Å². The third kappa shape index (κ3) is 3.18. The van der Waals surface area contributed by atoms with E-state index in [1.165, 1.54) is 6.42 Å². The Balaban J connectivity index is 2.63. The second kappa shape index (κ2) is 4.94. The summed E-state index contributed by atoms with van der Waals surface area (Å²) in [4.78, 5) is 10.7. The standard InChI is InChI=1S/C11H21NO3/c1-8-4-3-5-11(6-8,7-12)15-9(2)10(13)14/h8-9H,3-7,12H2,1-2H3,(H,13,14). The van der Waals surface area contributed by atoms with E-state index in [4.69, 9.17) is 15.6 Å². The van der Waals surface area contributed by atoms with Gasteiger partial charge in [-0.1, -0.05) is 19.8 Å². The minimum absolute atomic E-state index is 0.407. The number of nitrogens with two attached hydrogens (primary N) is 1. The Hall–Kier alpha value is -0.610. The molecule has 4 nitrogen and oxygen atoms in total. The normalized spacial score (nSPS) is 33.7. The summed E-state index contributed by atoms with van der Waals surface area (Å²) < 4.78 is 5.64. The molecule has 0 radical (unpaired) electrons. The van der Waals surface area contributed by atoms with Gasteiger partial charge in [-0.15, -0.1) is 0 Å². The number of ether oxygens (including phenoxy) is 1.